The van der Waals surface area contributed by atoms with Crippen molar-refractivity contribution in [3.63, 3.8) is 0 Å². The van der Waals surface area contributed by atoms with Crippen LogP contribution in [0.25, 0.3) is 11.5 Å². The van der Waals surface area contributed by atoms with Crippen LogP contribution in [0.15, 0.2) is 29.4 Å². The number of aliphatic imine (C=N–C) groups is 1. The quantitative estimate of drug-likeness (QED) is 0.822. The maximum Gasteiger partial charge on any atom is 0.254 e. The first-order chi connectivity index (χ1) is 11.7. The fourth-order valence-electron chi connectivity index (χ4n) is 2.76. The number of aromatic nitrogens is 4. The van der Waals surface area contributed by atoms with Gasteiger partial charge >= 0.3 is 0 Å². The van der Waals surface area contributed by atoms with Gasteiger partial charge in [0.2, 0.25) is 5.95 Å². The van der Waals surface area contributed by atoms with Crippen LogP contribution in [-0.4, -0.2) is 31.7 Å². The van der Waals surface area contributed by atoms with E-state index >= 15 is 0 Å². The summed E-state index contributed by atoms with van der Waals surface area (Å²) in [5.74, 6) is 2.95. The van der Waals surface area contributed by atoms with E-state index in [2.05, 4.69) is 44.1 Å². The Hall–Kier alpha value is -2.37. The van der Waals surface area contributed by atoms with E-state index in [9.17, 15) is 0 Å². The zero-order valence-corrected chi connectivity index (χ0v) is 14.1. The van der Waals surface area contributed by atoms with E-state index in [1.165, 1.54) is 25.7 Å². The summed E-state index contributed by atoms with van der Waals surface area (Å²) in [6.07, 6.45) is 6.74. The molecule has 124 valence electrons. The Balaban J connectivity index is 1.68. The third kappa shape index (κ3) is 3.58. The molecule has 0 unspecified atom stereocenters. The van der Waals surface area contributed by atoms with Gasteiger partial charge in [-0.2, -0.15) is 15.0 Å². The maximum atomic E-state index is 4.62. The van der Waals surface area contributed by atoms with Gasteiger partial charge in [-0.15, -0.1) is 0 Å². The standard InChI is InChI=1S/C18H22N6/c1-11(13-6-7-13)20-17-22-16(15-5-3-4-10-19-15)23-18(24-17)21-12(2)14-8-9-14/h3-5,10-11,13-14H,6-9H2,1-2H3,(H,20,22,23,24)/b21-12+/t11-/m1/s1. The second kappa shape index (κ2) is 6.26. The Labute approximate surface area is 141 Å². The first kappa shape index (κ1) is 15.2. The molecule has 2 aliphatic carbocycles. The molecular weight excluding hydrogens is 300 g/mol. The molecule has 0 aromatic carbocycles. The molecule has 4 rings (SSSR count). The summed E-state index contributed by atoms with van der Waals surface area (Å²) in [7, 11) is 0. The van der Waals surface area contributed by atoms with Crippen molar-refractivity contribution in [2.24, 2.45) is 16.8 Å². The molecule has 2 aromatic rings. The van der Waals surface area contributed by atoms with Gasteiger partial charge in [0.15, 0.2) is 5.82 Å². The van der Waals surface area contributed by atoms with Crippen LogP contribution < -0.4 is 5.32 Å². The zero-order chi connectivity index (χ0) is 16.5. The maximum absolute atomic E-state index is 4.62. The number of pyridine rings is 1. The van der Waals surface area contributed by atoms with Gasteiger partial charge < -0.3 is 5.32 Å². The Kier molecular flexibility index (Phi) is 3.96. The molecule has 0 saturated heterocycles. The van der Waals surface area contributed by atoms with Crippen LogP contribution in [0.5, 0.6) is 0 Å². The monoisotopic (exact) mass is 322 g/mol. The highest BCUT2D eigenvalue weighted by atomic mass is 15.2. The van der Waals surface area contributed by atoms with Crippen molar-refractivity contribution in [1.29, 1.82) is 0 Å². The van der Waals surface area contributed by atoms with Crippen LogP contribution in [0.3, 0.4) is 0 Å². The number of nitrogens with one attached hydrogen (secondary N) is 1. The van der Waals surface area contributed by atoms with Crippen LogP contribution in [0.4, 0.5) is 11.9 Å². The molecule has 6 heteroatoms. The molecule has 2 fully saturated rings. The van der Waals surface area contributed by atoms with E-state index in [4.69, 9.17) is 0 Å². The predicted molar refractivity (Wildman–Crippen MR) is 94.4 cm³/mol. The van der Waals surface area contributed by atoms with Crippen LogP contribution in [-0.2, 0) is 0 Å². The largest absolute Gasteiger partial charge is 0.351 e. The second-order valence-electron chi connectivity index (χ2n) is 6.80. The molecule has 2 saturated carbocycles. The van der Waals surface area contributed by atoms with Gasteiger partial charge in [-0.3, -0.25) is 4.98 Å². The van der Waals surface area contributed by atoms with Gasteiger partial charge in [0, 0.05) is 18.0 Å². The lowest BCUT2D eigenvalue weighted by atomic mass is 10.2. The molecular formula is C18H22N6. The number of anilines is 1. The number of rotatable bonds is 6. The lowest BCUT2D eigenvalue weighted by Crippen LogP contribution is -2.19. The van der Waals surface area contributed by atoms with E-state index in [0.717, 1.165) is 17.3 Å². The summed E-state index contributed by atoms with van der Waals surface area (Å²) in [5, 5.41) is 3.41. The van der Waals surface area contributed by atoms with E-state index in [0.29, 0.717) is 29.7 Å². The third-order valence-corrected chi connectivity index (χ3v) is 4.65. The fraction of sp³-hybridized carbons (Fsp3) is 0.500. The van der Waals surface area contributed by atoms with Crippen molar-refractivity contribution in [2.45, 2.75) is 45.6 Å². The molecule has 2 aliphatic rings. The van der Waals surface area contributed by atoms with Gasteiger partial charge in [0.1, 0.15) is 5.69 Å². The average Bonchev–Trinajstić information content (AvgIpc) is 3.48. The molecule has 0 aliphatic heterocycles. The van der Waals surface area contributed by atoms with Gasteiger partial charge in [0.25, 0.3) is 5.95 Å². The minimum Gasteiger partial charge on any atom is -0.351 e. The van der Waals surface area contributed by atoms with Crippen molar-refractivity contribution in [3.05, 3.63) is 24.4 Å². The third-order valence-electron chi connectivity index (χ3n) is 4.65. The fourth-order valence-corrected chi connectivity index (χ4v) is 2.76. The van der Waals surface area contributed by atoms with Gasteiger partial charge in [-0.25, -0.2) is 4.99 Å². The molecule has 0 radical (unpaired) electrons. The van der Waals surface area contributed by atoms with E-state index in [1.54, 1.807) is 6.20 Å². The Bertz CT molecular complexity index is 749. The SMILES string of the molecule is C/C(=N\c1nc(N[C@H](C)C2CC2)nc(-c2ccccn2)n1)C1CC1. The average molecular weight is 322 g/mol. The molecule has 1 atom stereocenters. The minimum atomic E-state index is 0.366. The van der Waals surface area contributed by atoms with Gasteiger partial charge in [0.05, 0.1) is 0 Å². The smallest absolute Gasteiger partial charge is 0.254 e. The molecule has 2 heterocycles. The van der Waals surface area contributed by atoms with Crippen molar-refractivity contribution in [2.75, 3.05) is 5.32 Å². The highest BCUT2D eigenvalue weighted by molar-refractivity contribution is 5.88. The lowest BCUT2D eigenvalue weighted by molar-refractivity contribution is 0.685. The lowest BCUT2D eigenvalue weighted by Gasteiger charge is -2.13. The van der Waals surface area contributed by atoms with Gasteiger partial charge in [-0.05, 0) is 63.5 Å². The molecule has 24 heavy (non-hydrogen) atoms. The van der Waals surface area contributed by atoms with Crippen molar-refractivity contribution < 1.29 is 0 Å². The Morgan fingerprint density at radius 1 is 1.17 bits per heavy atom. The molecule has 0 bridgehead atoms. The Morgan fingerprint density at radius 2 is 2.00 bits per heavy atom. The number of nitrogens with zero attached hydrogens (tertiary/aromatic N) is 5. The summed E-state index contributed by atoms with van der Waals surface area (Å²) in [5.41, 5.74) is 1.84. The van der Waals surface area contributed by atoms with Crippen molar-refractivity contribution in [3.8, 4) is 11.5 Å². The zero-order valence-electron chi connectivity index (χ0n) is 14.1. The molecule has 0 amide bonds. The van der Waals surface area contributed by atoms with Crippen LogP contribution in [0, 0.1) is 11.8 Å². The van der Waals surface area contributed by atoms with E-state index < -0.39 is 0 Å². The summed E-state index contributed by atoms with van der Waals surface area (Å²) >= 11 is 0. The van der Waals surface area contributed by atoms with Crippen molar-refractivity contribution >= 4 is 17.6 Å². The van der Waals surface area contributed by atoms with E-state index in [1.807, 2.05) is 18.2 Å². The second-order valence-corrected chi connectivity index (χ2v) is 6.80. The molecule has 0 spiro atoms. The summed E-state index contributed by atoms with van der Waals surface area (Å²) in [4.78, 5) is 22.6. The highest BCUT2D eigenvalue weighted by Gasteiger charge is 2.29. The number of hydrogen-bond acceptors (Lipinski definition) is 6. The molecule has 2 aromatic heterocycles. The highest BCUT2D eigenvalue weighted by Crippen LogP contribution is 2.34. The van der Waals surface area contributed by atoms with Crippen LogP contribution in [0.1, 0.15) is 39.5 Å². The summed E-state index contributed by atoms with van der Waals surface area (Å²) in [6, 6.07) is 6.09. The van der Waals surface area contributed by atoms with Crippen molar-refractivity contribution in [1.82, 2.24) is 19.9 Å². The van der Waals surface area contributed by atoms with Crippen LogP contribution >= 0.6 is 0 Å². The predicted octanol–water partition coefficient (Wildman–Crippen LogP) is 3.65. The topological polar surface area (TPSA) is 76.0 Å². The van der Waals surface area contributed by atoms with E-state index in [-0.39, 0.29) is 0 Å². The minimum absolute atomic E-state index is 0.366. The first-order valence-electron chi connectivity index (χ1n) is 8.68. The van der Waals surface area contributed by atoms with Crippen LogP contribution in [0.2, 0.25) is 0 Å². The Morgan fingerprint density at radius 3 is 2.67 bits per heavy atom. The summed E-state index contributed by atoms with van der Waals surface area (Å²) < 4.78 is 0. The first-order valence-corrected chi connectivity index (χ1v) is 8.68. The number of hydrogen-bond donors (Lipinski definition) is 1. The van der Waals surface area contributed by atoms with Gasteiger partial charge in [-0.1, -0.05) is 6.07 Å². The molecule has 6 nitrogen and oxygen atoms in total. The normalized spacial score (nSPS) is 19.2. The summed E-state index contributed by atoms with van der Waals surface area (Å²) in [6.45, 7) is 4.24. The molecule has 1 N–H and O–H groups in total.